The summed E-state index contributed by atoms with van der Waals surface area (Å²) in [6.07, 6.45) is 0. The van der Waals surface area contributed by atoms with Crippen molar-refractivity contribution in [3.8, 4) is 62.2 Å². The van der Waals surface area contributed by atoms with E-state index in [1.807, 2.05) is 30.3 Å². The third kappa shape index (κ3) is 5.26. The fourth-order valence-electron chi connectivity index (χ4n) is 6.98. The van der Waals surface area contributed by atoms with Crippen LogP contribution < -0.4 is 0 Å². The van der Waals surface area contributed by atoms with E-state index in [4.69, 9.17) is 9.97 Å². The fraction of sp³-hybridized carbons (Fsp3) is 0. The standard InChI is InChI=1S/C47H29N3/c48-30-31-17-19-34(20-18-31)37-13-8-14-39(27-37)45-29-44(36-23-21-33(22-24-36)32-9-2-1-3-10-32)49-47(50-45)46-41-16-7-5-12-38(41)28-43-40-15-6-4-11-35(40)25-26-42(43)46/h1-29H. The van der Waals surface area contributed by atoms with Crippen molar-refractivity contribution in [2.24, 2.45) is 0 Å². The van der Waals surface area contributed by atoms with Crippen molar-refractivity contribution >= 4 is 32.3 Å². The molecule has 0 N–H and O–H groups in total. The van der Waals surface area contributed by atoms with Crippen LogP contribution in [0, 0.1) is 11.3 Å². The Morgan fingerprint density at radius 1 is 0.360 bits per heavy atom. The van der Waals surface area contributed by atoms with Gasteiger partial charge in [-0.2, -0.15) is 5.26 Å². The Hall–Kier alpha value is -6.89. The molecule has 3 nitrogen and oxygen atoms in total. The van der Waals surface area contributed by atoms with Gasteiger partial charge in [0.25, 0.3) is 0 Å². The van der Waals surface area contributed by atoms with Gasteiger partial charge in [-0.15, -0.1) is 0 Å². The number of fused-ring (bicyclic) bond motifs is 4. The number of nitriles is 1. The van der Waals surface area contributed by atoms with E-state index in [0.717, 1.165) is 60.9 Å². The molecule has 0 atom stereocenters. The topological polar surface area (TPSA) is 49.6 Å². The molecule has 0 saturated heterocycles. The Labute approximate surface area is 290 Å². The summed E-state index contributed by atoms with van der Waals surface area (Å²) in [7, 11) is 0. The zero-order valence-corrected chi connectivity index (χ0v) is 27.1. The second-order valence-electron chi connectivity index (χ2n) is 12.5. The highest BCUT2D eigenvalue weighted by molar-refractivity contribution is 6.19. The van der Waals surface area contributed by atoms with E-state index in [2.05, 4.69) is 152 Å². The maximum Gasteiger partial charge on any atom is 0.161 e. The summed E-state index contributed by atoms with van der Waals surface area (Å²) in [5.41, 5.74) is 9.82. The van der Waals surface area contributed by atoms with Gasteiger partial charge < -0.3 is 0 Å². The molecule has 232 valence electrons. The Balaban J connectivity index is 1.28. The average molecular weight is 636 g/mol. The largest absolute Gasteiger partial charge is 0.228 e. The summed E-state index contributed by atoms with van der Waals surface area (Å²) in [4.78, 5) is 10.7. The quantitative estimate of drug-likeness (QED) is 0.140. The molecular weight excluding hydrogens is 607 g/mol. The lowest BCUT2D eigenvalue weighted by Crippen LogP contribution is -1.98. The van der Waals surface area contributed by atoms with Crippen molar-refractivity contribution in [3.05, 3.63) is 181 Å². The van der Waals surface area contributed by atoms with Gasteiger partial charge >= 0.3 is 0 Å². The maximum absolute atomic E-state index is 9.32. The molecule has 3 heteroatoms. The smallest absolute Gasteiger partial charge is 0.161 e. The van der Waals surface area contributed by atoms with Gasteiger partial charge in [-0.05, 0) is 84.9 Å². The third-order valence-corrected chi connectivity index (χ3v) is 9.51. The predicted octanol–water partition coefficient (Wildman–Crippen LogP) is 12.1. The number of benzene rings is 8. The molecule has 1 heterocycles. The summed E-state index contributed by atoms with van der Waals surface area (Å²) in [5.74, 6) is 0.686. The molecule has 9 rings (SSSR count). The zero-order valence-electron chi connectivity index (χ0n) is 27.1. The van der Waals surface area contributed by atoms with Crippen molar-refractivity contribution in [1.82, 2.24) is 9.97 Å². The number of aromatic nitrogens is 2. The first-order valence-corrected chi connectivity index (χ1v) is 16.7. The Kier molecular flexibility index (Phi) is 7.19. The van der Waals surface area contributed by atoms with Crippen molar-refractivity contribution in [1.29, 1.82) is 5.26 Å². The second kappa shape index (κ2) is 12.3. The van der Waals surface area contributed by atoms with Gasteiger partial charge in [0.2, 0.25) is 0 Å². The molecule has 0 aliphatic heterocycles. The van der Waals surface area contributed by atoms with Crippen LogP contribution in [0.25, 0.3) is 88.5 Å². The zero-order chi connectivity index (χ0) is 33.4. The normalized spacial score (nSPS) is 11.2. The van der Waals surface area contributed by atoms with Crippen molar-refractivity contribution in [3.63, 3.8) is 0 Å². The molecule has 0 radical (unpaired) electrons. The van der Waals surface area contributed by atoms with E-state index >= 15 is 0 Å². The molecule has 0 fully saturated rings. The van der Waals surface area contributed by atoms with Gasteiger partial charge in [0.05, 0.1) is 23.0 Å². The fourth-order valence-corrected chi connectivity index (χ4v) is 6.98. The first-order valence-electron chi connectivity index (χ1n) is 16.7. The maximum atomic E-state index is 9.32. The van der Waals surface area contributed by atoms with Crippen molar-refractivity contribution < 1.29 is 0 Å². The molecule has 0 spiro atoms. The lowest BCUT2D eigenvalue weighted by Gasteiger charge is -2.15. The van der Waals surface area contributed by atoms with E-state index in [0.29, 0.717) is 11.4 Å². The average Bonchev–Trinajstić information content (AvgIpc) is 3.20. The molecule has 50 heavy (non-hydrogen) atoms. The van der Waals surface area contributed by atoms with Crippen LogP contribution in [-0.2, 0) is 0 Å². The van der Waals surface area contributed by atoms with Gasteiger partial charge in [-0.3, -0.25) is 0 Å². The minimum absolute atomic E-state index is 0.642. The second-order valence-corrected chi connectivity index (χ2v) is 12.5. The summed E-state index contributed by atoms with van der Waals surface area (Å²) >= 11 is 0. The summed E-state index contributed by atoms with van der Waals surface area (Å²) < 4.78 is 0. The van der Waals surface area contributed by atoms with Crippen LogP contribution in [0.3, 0.4) is 0 Å². The third-order valence-electron chi connectivity index (χ3n) is 9.51. The van der Waals surface area contributed by atoms with E-state index < -0.39 is 0 Å². The first-order chi connectivity index (χ1) is 24.7. The molecule has 0 aliphatic rings. The summed E-state index contributed by atoms with van der Waals surface area (Å²) in [5, 5.41) is 16.3. The highest BCUT2D eigenvalue weighted by Crippen LogP contribution is 2.40. The van der Waals surface area contributed by atoms with Gasteiger partial charge in [0.1, 0.15) is 0 Å². The Morgan fingerprint density at radius 3 is 1.72 bits per heavy atom. The molecule has 0 amide bonds. The number of nitrogens with zero attached hydrogens (tertiary/aromatic N) is 3. The highest BCUT2D eigenvalue weighted by atomic mass is 14.9. The van der Waals surface area contributed by atoms with Crippen LogP contribution in [-0.4, -0.2) is 9.97 Å². The molecule has 8 aromatic carbocycles. The van der Waals surface area contributed by atoms with Crippen LogP contribution >= 0.6 is 0 Å². The summed E-state index contributed by atoms with van der Waals surface area (Å²) in [6, 6.07) is 63.3. The SMILES string of the molecule is N#Cc1ccc(-c2cccc(-c3cc(-c4ccc(-c5ccccc5)cc4)nc(-c4c5ccccc5cc5c4ccc4ccccc45)n3)c2)cc1. The lowest BCUT2D eigenvalue weighted by atomic mass is 9.92. The van der Waals surface area contributed by atoms with Crippen LogP contribution in [0.15, 0.2) is 176 Å². The molecule has 1 aromatic heterocycles. The number of hydrogen-bond donors (Lipinski definition) is 0. The number of hydrogen-bond acceptors (Lipinski definition) is 3. The monoisotopic (exact) mass is 635 g/mol. The van der Waals surface area contributed by atoms with Gasteiger partial charge in [-0.25, -0.2) is 9.97 Å². The van der Waals surface area contributed by atoms with Crippen molar-refractivity contribution in [2.45, 2.75) is 0 Å². The lowest BCUT2D eigenvalue weighted by molar-refractivity contribution is 1.19. The Morgan fingerprint density at radius 2 is 0.940 bits per heavy atom. The highest BCUT2D eigenvalue weighted by Gasteiger charge is 2.18. The van der Waals surface area contributed by atoms with Gasteiger partial charge in [0, 0.05) is 16.7 Å². The van der Waals surface area contributed by atoms with Gasteiger partial charge in [0.15, 0.2) is 5.82 Å². The predicted molar refractivity (Wildman–Crippen MR) is 206 cm³/mol. The Bertz CT molecular complexity index is 2740. The molecule has 0 bridgehead atoms. The van der Waals surface area contributed by atoms with E-state index in [1.165, 1.54) is 21.7 Å². The molecule has 9 aromatic rings. The summed E-state index contributed by atoms with van der Waals surface area (Å²) in [6.45, 7) is 0. The van der Waals surface area contributed by atoms with Crippen LogP contribution in [0.1, 0.15) is 5.56 Å². The van der Waals surface area contributed by atoms with E-state index in [1.54, 1.807) is 0 Å². The molecule has 0 saturated carbocycles. The van der Waals surface area contributed by atoms with Crippen LogP contribution in [0.5, 0.6) is 0 Å². The molecular formula is C47H29N3. The molecule has 0 aliphatic carbocycles. The van der Waals surface area contributed by atoms with E-state index in [9.17, 15) is 5.26 Å². The van der Waals surface area contributed by atoms with Crippen molar-refractivity contribution in [2.75, 3.05) is 0 Å². The van der Waals surface area contributed by atoms with Gasteiger partial charge in [-0.1, -0.05) is 146 Å². The van der Waals surface area contributed by atoms with Crippen LogP contribution in [0.2, 0.25) is 0 Å². The van der Waals surface area contributed by atoms with Crippen LogP contribution in [0.4, 0.5) is 0 Å². The van der Waals surface area contributed by atoms with E-state index in [-0.39, 0.29) is 0 Å². The minimum Gasteiger partial charge on any atom is -0.228 e. The first kappa shape index (κ1) is 29.3. The number of rotatable bonds is 5. The minimum atomic E-state index is 0.642. The molecule has 0 unspecified atom stereocenters.